The van der Waals surface area contributed by atoms with E-state index in [1.807, 2.05) is 106 Å². The summed E-state index contributed by atoms with van der Waals surface area (Å²) in [6.45, 7) is 8.52. The third-order valence-corrected chi connectivity index (χ3v) is 7.28. The molecule has 0 saturated heterocycles. The van der Waals surface area contributed by atoms with E-state index in [1.165, 1.54) is 11.1 Å². The molecule has 0 radical (unpaired) electrons. The number of nitrogens with one attached hydrogen (secondary N) is 4. The van der Waals surface area contributed by atoms with Crippen LogP contribution in [-0.4, -0.2) is 34.9 Å². The molecule has 0 aromatic heterocycles. The number of thiocarbonyl (C=S) groups is 2. The van der Waals surface area contributed by atoms with Gasteiger partial charge in [0.1, 0.15) is 5.60 Å². The van der Waals surface area contributed by atoms with E-state index in [0.29, 0.717) is 23.3 Å². The predicted molar refractivity (Wildman–Crippen MR) is 202 cm³/mol. The molecule has 248 valence electrons. The highest BCUT2D eigenvalue weighted by molar-refractivity contribution is 7.80. The van der Waals surface area contributed by atoms with Crippen molar-refractivity contribution in [1.82, 2.24) is 21.3 Å². The van der Waals surface area contributed by atoms with Gasteiger partial charge in [-0.05, 0) is 98.0 Å². The van der Waals surface area contributed by atoms with Crippen LogP contribution >= 0.6 is 24.4 Å². The fourth-order valence-electron chi connectivity index (χ4n) is 4.52. The van der Waals surface area contributed by atoms with Gasteiger partial charge in [-0.15, -0.1) is 0 Å². The number of ether oxygens (including phenoxy) is 1. The number of nitrogen functional groups attached to an aromatic ring is 1. The van der Waals surface area contributed by atoms with Crippen LogP contribution < -0.4 is 27.0 Å². The Morgan fingerprint density at radius 2 is 1.06 bits per heavy atom. The molecular weight excluding hydrogens is 623 g/mol. The molecule has 0 bridgehead atoms. The van der Waals surface area contributed by atoms with Crippen LogP contribution in [0.25, 0.3) is 0 Å². The summed E-state index contributed by atoms with van der Waals surface area (Å²) in [5, 5.41) is 14.1. The standard InChI is InChI=1S/C22H28N2O2S.C16H19N3S/c1-22(2,3)26-20(25)15-18-10-7-11-19(14-18)16-24-21(27)23-13-12-17-8-5-4-6-9-17;17-15-8-4-7-14(11-15)12-19-16(20)18-10-9-13-5-2-1-3-6-13/h4-11,14H,12-13,15-16H2,1-3H3,(H2,23,24,27);1-8,11H,9-10,12,17H2,(H2,18,19,20). The summed E-state index contributed by atoms with van der Waals surface area (Å²) < 4.78 is 5.38. The number of anilines is 1. The number of hydrogen-bond acceptors (Lipinski definition) is 5. The van der Waals surface area contributed by atoms with E-state index in [-0.39, 0.29) is 12.4 Å². The van der Waals surface area contributed by atoms with Gasteiger partial charge in [-0.1, -0.05) is 97.1 Å². The van der Waals surface area contributed by atoms with E-state index >= 15 is 0 Å². The summed E-state index contributed by atoms with van der Waals surface area (Å²) in [4.78, 5) is 12.0. The Labute approximate surface area is 290 Å². The monoisotopic (exact) mass is 669 g/mol. The fourth-order valence-corrected chi connectivity index (χ4v) is 4.87. The zero-order valence-corrected chi connectivity index (χ0v) is 29.2. The fraction of sp³-hybridized carbons (Fsp3) is 0.289. The Kier molecular flexibility index (Phi) is 15.7. The molecule has 9 heteroatoms. The number of rotatable bonds is 12. The van der Waals surface area contributed by atoms with E-state index < -0.39 is 5.60 Å². The lowest BCUT2D eigenvalue weighted by atomic mass is 10.1. The molecular formula is C38H47N5O2S2. The third kappa shape index (κ3) is 16.6. The van der Waals surface area contributed by atoms with Crippen molar-refractivity contribution in [1.29, 1.82) is 0 Å². The Balaban J connectivity index is 0.000000267. The van der Waals surface area contributed by atoms with Gasteiger partial charge in [0.2, 0.25) is 0 Å². The molecule has 4 rings (SSSR count). The Morgan fingerprint density at radius 3 is 1.55 bits per heavy atom. The molecule has 0 atom stereocenters. The quantitative estimate of drug-likeness (QED) is 0.0681. The number of hydrogen-bond donors (Lipinski definition) is 5. The van der Waals surface area contributed by atoms with Crippen LogP contribution in [0.3, 0.4) is 0 Å². The Morgan fingerprint density at radius 1 is 0.617 bits per heavy atom. The van der Waals surface area contributed by atoms with Gasteiger partial charge in [0.25, 0.3) is 0 Å². The smallest absolute Gasteiger partial charge is 0.310 e. The molecule has 0 fully saturated rings. The summed E-state index contributed by atoms with van der Waals surface area (Å²) in [7, 11) is 0. The van der Waals surface area contributed by atoms with Gasteiger partial charge >= 0.3 is 5.97 Å². The molecule has 0 aliphatic heterocycles. The zero-order valence-electron chi connectivity index (χ0n) is 27.6. The van der Waals surface area contributed by atoms with Crippen molar-refractivity contribution in [3.63, 3.8) is 0 Å². The maximum absolute atomic E-state index is 12.0. The van der Waals surface area contributed by atoms with E-state index in [9.17, 15) is 4.79 Å². The third-order valence-electron chi connectivity index (χ3n) is 6.70. The molecule has 0 aliphatic carbocycles. The SMILES string of the molecule is CC(C)(C)OC(=O)Cc1cccc(CNC(=S)NCCc2ccccc2)c1.Nc1cccc(CNC(=S)NCCc2ccccc2)c1. The van der Waals surface area contributed by atoms with Crippen molar-refractivity contribution >= 4 is 46.3 Å². The second-order valence-electron chi connectivity index (χ2n) is 12.0. The van der Waals surface area contributed by atoms with Crippen LogP contribution in [0.15, 0.2) is 109 Å². The molecule has 0 unspecified atom stereocenters. The number of esters is 1. The molecule has 0 aliphatic rings. The molecule has 6 N–H and O–H groups in total. The number of benzene rings is 4. The van der Waals surface area contributed by atoms with Crippen LogP contribution in [0.4, 0.5) is 5.69 Å². The minimum atomic E-state index is -0.464. The zero-order chi connectivity index (χ0) is 33.9. The van der Waals surface area contributed by atoms with Gasteiger partial charge in [0.15, 0.2) is 10.2 Å². The first-order chi connectivity index (χ1) is 22.6. The lowest BCUT2D eigenvalue weighted by molar-refractivity contribution is -0.153. The average molecular weight is 670 g/mol. The van der Waals surface area contributed by atoms with Crippen LogP contribution in [-0.2, 0) is 41.9 Å². The Bertz CT molecular complexity index is 1540. The molecule has 47 heavy (non-hydrogen) atoms. The topological polar surface area (TPSA) is 100 Å². The summed E-state index contributed by atoms with van der Waals surface area (Å²) in [5.41, 5.74) is 11.8. The summed E-state index contributed by atoms with van der Waals surface area (Å²) in [6, 6.07) is 36.3. The molecule has 7 nitrogen and oxygen atoms in total. The van der Waals surface area contributed by atoms with Crippen molar-refractivity contribution in [2.24, 2.45) is 0 Å². The number of carbonyl (C=O) groups is 1. The van der Waals surface area contributed by atoms with Crippen LogP contribution in [0, 0.1) is 0 Å². The van der Waals surface area contributed by atoms with Gasteiger partial charge in [-0.25, -0.2) is 0 Å². The molecule has 0 spiro atoms. The first-order valence-electron chi connectivity index (χ1n) is 15.8. The van der Waals surface area contributed by atoms with Crippen molar-refractivity contribution in [3.8, 4) is 0 Å². The first-order valence-corrected chi connectivity index (χ1v) is 16.6. The van der Waals surface area contributed by atoms with Gasteiger partial charge < -0.3 is 31.7 Å². The van der Waals surface area contributed by atoms with Gasteiger partial charge in [-0.2, -0.15) is 0 Å². The highest BCUT2D eigenvalue weighted by Gasteiger charge is 2.16. The molecule has 0 amide bonds. The van der Waals surface area contributed by atoms with Crippen molar-refractivity contribution < 1.29 is 9.53 Å². The van der Waals surface area contributed by atoms with E-state index in [1.54, 1.807) is 0 Å². The van der Waals surface area contributed by atoms with Gasteiger partial charge in [0, 0.05) is 31.9 Å². The van der Waals surface area contributed by atoms with Crippen LogP contribution in [0.1, 0.15) is 48.6 Å². The Hall–Kier alpha value is -4.47. The number of nitrogens with two attached hydrogens (primary N) is 1. The summed E-state index contributed by atoms with van der Waals surface area (Å²) in [5.74, 6) is -0.217. The van der Waals surface area contributed by atoms with Crippen LogP contribution in [0.5, 0.6) is 0 Å². The van der Waals surface area contributed by atoms with Crippen LogP contribution in [0.2, 0.25) is 0 Å². The van der Waals surface area contributed by atoms with Crippen molar-refractivity contribution in [3.05, 3.63) is 137 Å². The number of carbonyl (C=O) groups excluding carboxylic acids is 1. The first kappa shape index (κ1) is 37.0. The summed E-state index contributed by atoms with van der Waals surface area (Å²) in [6.07, 6.45) is 2.15. The maximum Gasteiger partial charge on any atom is 0.310 e. The predicted octanol–water partition coefficient (Wildman–Crippen LogP) is 6.25. The summed E-state index contributed by atoms with van der Waals surface area (Å²) >= 11 is 10.6. The average Bonchev–Trinajstić information content (AvgIpc) is 3.03. The van der Waals surface area contributed by atoms with E-state index in [2.05, 4.69) is 45.5 Å². The minimum absolute atomic E-state index is 0.217. The van der Waals surface area contributed by atoms with Gasteiger partial charge in [0.05, 0.1) is 6.42 Å². The second-order valence-corrected chi connectivity index (χ2v) is 12.8. The molecule has 4 aromatic rings. The molecule has 4 aromatic carbocycles. The van der Waals surface area contributed by atoms with Gasteiger partial charge in [-0.3, -0.25) is 4.79 Å². The van der Waals surface area contributed by atoms with E-state index in [0.717, 1.165) is 48.3 Å². The molecule has 0 saturated carbocycles. The second kappa shape index (κ2) is 19.9. The maximum atomic E-state index is 12.0. The largest absolute Gasteiger partial charge is 0.460 e. The minimum Gasteiger partial charge on any atom is -0.460 e. The normalized spacial score (nSPS) is 10.5. The lowest BCUT2D eigenvalue weighted by Gasteiger charge is -2.19. The molecule has 0 heterocycles. The highest BCUT2D eigenvalue weighted by atomic mass is 32.1. The lowest BCUT2D eigenvalue weighted by Crippen LogP contribution is -2.35. The van der Waals surface area contributed by atoms with E-state index in [4.69, 9.17) is 34.9 Å². The van der Waals surface area contributed by atoms with Crippen molar-refractivity contribution in [2.75, 3.05) is 18.8 Å². The van der Waals surface area contributed by atoms with Crippen molar-refractivity contribution in [2.45, 2.75) is 58.7 Å². The highest BCUT2D eigenvalue weighted by Crippen LogP contribution is 2.12.